The summed E-state index contributed by atoms with van der Waals surface area (Å²) >= 11 is 0. The van der Waals surface area contributed by atoms with Crippen LogP contribution in [-0.2, 0) is 26.5 Å². The van der Waals surface area contributed by atoms with Crippen LogP contribution in [-0.4, -0.2) is 63.4 Å². The first-order valence-corrected chi connectivity index (χ1v) is 10.9. The number of carbonyl (C=O) groups is 2. The van der Waals surface area contributed by atoms with E-state index in [1.807, 2.05) is 16.0 Å². The standard InChI is InChI=1S/C21H30N4O3/c26-18(16-5-4-6-16)24-12-7-21(8-13-24)20-22-9-14-25(20)15-17(28-21)19(27)23-10-2-1-3-11-23/h9,14,16-17H,1-8,10-13,15H2. The van der Waals surface area contributed by atoms with Gasteiger partial charge in [0.15, 0.2) is 6.10 Å². The third-order valence-corrected chi connectivity index (χ3v) is 7.13. The summed E-state index contributed by atoms with van der Waals surface area (Å²) in [6, 6.07) is 0. The van der Waals surface area contributed by atoms with Crippen molar-refractivity contribution in [1.29, 1.82) is 0 Å². The number of hydrogen-bond acceptors (Lipinski definition) is 4. The fourth-order valence-corrected chi connectivity index (χ4v) is 5.19. The zero-order valence-electron chi connectivity index (χ0n) is 16.5. The number of piperidine rings is 2. The highest BCUT2D eigenvalue weighted by atomic mass is 16.5. The highest BCUT2D eigenvalue weighted by Gasteiger charge is 2.48. The molecule has 7 heteroatoms. The Hall–Kier alpha value is -1.89. The fraction of sp³-hybridized carbons (Fsp3) is 0.762. The molecular weight excluding hydrogens is 356 g/mol. The predicted molar refractivity (Wildman–Crippen MR) is 102 cm³/mol. The Kier molecular flexibility index (Phi) is 4.65. The van der Waals surface area contributed by atoms with Gasteiger partial charge < -0.3 is 19.1 Å². The Balaban J connectivity index is 1.32. The number of carbonyl (C=O) groups excluding carboxylic acids is 2. The van der Waals surface area contributed by atoms with Crippen molar-refractivity contribution in [1.82, 2.24) is 19.4 Å². The molecule has 7 nitrogen and oxygen atoms in total. The monoisotopic (exact) mass is 386 g/mol. The van der Waals surface area contributed by atoms with Crippen LogP contribution in [0.3, 0.4) is 0 Å². The Labute approximate surface area is 166 Å². The zero-order valence-corrected chi connectivity index (χ0v) is 16.5. The quantitative estimate of drug-likeness (QED) is 0.779. The van der Waals surface area contributed by atoms with Gasteiger partial charge >= 0.3 is 0 Å². The molecule has 0 bridgehead atoms. The molecule has 0 N–H and O–H groups in total. The smallest absolute Gasteiger partial charge is 0.253 e. The second-order valence-electron chi connectivity index (χ2n) is 8.84. The van der Waals surface area contributed by atoms with Crippen LogP contribution in [0.2, 0.25) is 0 Å². The molecule has 1 saturated carbocycles. The SMILES string of the molecule is O=C(C1CCC1)N1CCC2(CC1)OC(C(=O)N1CCCCC1)Cn1ccnc12. The van der Waals surface area contributed by atoms with Gasteiger partial charge in [0.1, 0.15) is 11.4 Å². The molecule has 4 aliphatic rings. The van der Waals surface area contributed by atoms with Crippen LogP contribution in [0.1, 0.15) is 57.2 Å². The van der Waals surface area contributed by atoms with Crippen molar-refractivity contribution in [3.8, 4) is 0 Å². The summed E-state index contributed by atoms with van der Waals surface area (Å²) in [6.07, 6.45) is 11.4. The lowest BCUT2D eigenvalue weighted by molar-refractivity contribution is -0.184. The second-order valence-corrected chi connectivity index (χ2v) is 8.84. The fourth-order valence-electron chi connectivity index (χ4n) is 5.19. The molecule has 3 fully saturated rings. The summed E-state index contributed by atoms with van der Waals surface area (Å²) in [6.45, 7) is 3.59. The lowest BCUT2D eigenvalue weighted by atomic mass is 9.82. The first kappa shape index (κ1) is 18.2. The number of amides is 2. The number of hydrogen-bond donors (Lipinski definition) is 0. The van der Waals surface area contributed by atoms with Crippen LogP contribution < -0.4 is 0 Å². The summed E-state index contributed by atoms with van der Waals surface area (Å²) in [5.74, 6) is 1.58. The average Bonchev–Trinajstić information content (AvgIpc) is 3.17. The molecule has 28 heavy (non-hydrogen) atoms. The first-order valence-electron chi connectivity index (χ1n) is 10.9. The van der Waals surface area contributed by atoms with Crippen molar-refractivity contribution in [2.45, 2.75) is 69.6 Å². The molecule has 1 unspecified atom stereocenters. The van der Waals surface area contributed by atoms with E-state index in [0.717, 1.165) is 44.6 Å². The van der Waals surface area contributed by atoms with Crippen molar-refractivity contribution in [3.05, 3.63) is 18.2 Å². The number of imidazole rings is 1. The summed E-state index contributed by atoms with van der Waals surface area (Å²) in [5.41, 5.74) is -0.547. The van der Waals surface area contributed by atoms with Crippen molar-refractivity contribution in [2.75, 3.05) is 26.2 Å². The maximum absolute atomic E-state index is 13.1. The van der Waals surface area contributed by atoms with E-state index in [0.29, 0.717) is 38.4 Å². The van der Waals surface area contributed by atoms with Crippen molar-refractivity contribution >= 4 is 11.8 Å². The van der Waals surface area contributed by atoms with Crippen LogP contribution in [0.25, 0.3) is 0 Å². The molecule has 5 rings (SSSR count). The Morgan fingerprint density at radius 3 is 2.36 bits per heavy atom. The zero-order chi connectivity index (χ0) is 19.1. The van der Waals surface area contributed by atoms with Crippen molar-refractivity contribution < 1.29 is 14.3 Å². The molecule has 1 aromatic rings. The van der Waals surface area contributed by atoms with Gasteiger partial charge in [0, 0.05) is 57.3 Å². The summed E-state index contributed by atoms with van der Waals surface area (Å²) < 4.78 is 8.63. The van der Waals surface area contributed by atoms with E-state index in [4.69, 9.17) is 4.74 Å². The minimum atomic E-state index is -0.547. The van der Waals surface area contributed by atoms with Crippen molar-refractivity contribution in [2.24, 2.45) is 5.92 Å². The molecule has 1 aliphatic carbocycles. The third-order valence-electron chi connectivity index (χ3n) is 7.13. The van der Waals surface area contributed by atoms with Crippen LogP contribution in [0.4, 0.5) is 0 Å². The Bertz CT molecular complexity index is 743. The van der Waals surface area contributed by atoms with Crippen LogP contribution in [0, 0.1) is 5.92 Å². The van der Waals surface area contributed by atoms with Gasteiger partial charge in [0.2, 0.25) is 5.91 Å². The highest BCUT2D eigenvalue weighted by Crippen LogP contribution is 2.41. The predicted octanol–water partition coefficient (Wildman–Crippen LogP) is 1.91. The maximum atomic E-state index is 13.1. The first-order chi connectivity index (χ1) is 13.7. The Morgan fingerprint density at radius 1 is 0.964 bits per heavy atom. The topological polar surface area (TPSA) is 67.7 Å². The maximum Gasteiger partial charge on any atom is 0.253 e. The lowest BCUT2D eigenvalue weighted by Crippen LogP contribution is -2.56. The molecule has 1 spiro atoms. The molecule has 0 aromatic carbocycles. The molecule has 3 aliphatic heterocycles. The van der Waals surface area contributed by atoms with E-state index < -0.39 is 11.7 Å². The lowest BCUT2D eigenvalue weighted by Gasteiger charge is -2.47. The second kappa shape index (κ2) is 7.17. The van der Waals surface area contributed by atoms with Gasteiger partial charge in [-0.3, -0.25) is 9.59 Å². The van der Waals surface area contributed by atoms with Gasteiger partial charge in [0.05, 0.1) is 6.54 Å². The molecule has 152 valence electrons. The molecule has 1 atom stereocenters. The molecule has 2 amide bonds. The van der Waals surface area contributed by atoms with E-state index in [2.05, 4.69) is 9.55 Å². The van der Waals surface area contributed by atoms with Gasteiger partial charge in [-0.25, -0.2) is 4.98 Å². The number of fused-ring (bicyclic) bond motifs is 2. The molecule has 4 heterocycles. The van der Waals surface area contributed by atoms with Gasteiger partial charge in [-0.2, -0.15) is 0 Å². The van der Waals surface area contributed by atoms with E-state index in [9.17, 15) is 9.59 Å². The van der Waals surface area contributed by atoms with E-state index in [-0.39, 0.29) is 11.8 Å². The molecular formula is C21H30N4O3. The largest absolute Gasteiger partial charge is 0.352 e. The van der Waals surface area contributed by atoms with Gasteiger partial charge in [-0.05, 0) is 32.1 Å². The molecule has 2 saturated heterocycles. The molecule has 0 radical (unpaired) electrons. The third kappa shape index (κ3) is 3.04. The highest BCUT2D eigenvalue weighted by molar-refractivity contribution is 5.81. The van der Waals surface area contributed by atoms with E-state index in [1.54, 1.807) is 6.20 Å². The minimum absolute atomic E-state index is 0.117. The van der Waals surface area contributed by atoms with Crippen LogP contribution in [0.5, 0.6) is 0 Å². The normalized spacial score (nSPS) is 27.4. The summed E-state index contributed by atoms with van der Waals surface area (Å²) in [7, 11) is 0. The molecule has 1 aromatic heterocycles. The van der Waals surface area contributed by atoms with Crippen LogP contribution >= 0.6 is 0 Å². The summed E-state index contributed by atoms with van der Waals surface area (Å²) in [5, 5.41) is 0. The number of rotatable bonds is 2. The van der Waals surface area contributed by atoms with Gasteiger partial charge in [-0.15, -0.1) is 0 Å². The number of likely N-dealkylation sites (tertiary alicyclic amines) is 2. The number of aromatic nitrogens is 2. The minimum Gasteiger partial charge on any atom is -0.352 e. The van der Waals surface area contributed by atoms with Gasteiger partial charge in [-0.1, -0.05) is 6.42 Å². The van der Waals surface area contributed by atoms with Crippen molar-refractivity contribution in [3.63, 3.8) is 0 Å². The van der Waals surface area contributed by atoms with E-state index >= 15 is 0 Å². The average molecular weight is 386 g/mol. The Morgan fingerprint density at radius 2 is 1.68 bits per heavy atom. The van der Waals surface area contributed by atoms with Gasteiger partial charge in [0.25, 0.3) is 5.91 Å². The van der Waals surface area contributed by atoms with Crippen LogP contribution in [0.15, 0.2) is 12.4 Å². The summed E-state index contributed by atoms with van der Waals surface area (Å²) in [4.78, 5) is 34.3. The number of nitrogens with zero attached hydrogens (tertiary/aromatic N) is 4. The number of ether oxygens (including phenoxy) is 1. The van der Waals surface area contributed by atoms with E-state index in [1.165, 1.54) is 12.8 Å².